The zero-order valence-electron chi connectivity index (χ0n) is 11.5. The van der Waals surface area contributed by atoms with Crippen LogP contribution in [0.2, 0.25) is 0 Å². The van der Waals surface area contributed by atoms with Crippen LogP contribution in [0.15, 0.2) is 42.5 Å². The topological polar surface area (TPSA) is 38.0 Å². The Morgan fingerprint density at radius 2 is 1.63 bits per heavy atom. The number of nitrogen functional groups attached to an aromatic ring is 1. The predicted octanol–water partition coefficient (Wildman–Crippen LogP) is 4.91. The average molecular weight is 366 g/mol. The summed E-state index contributed by atoms with van der Waals surface area (Å²) in [5.74, 6) is 0. The maximum Gasteiger partial charge on any atom is 0.0618 e. The number of hydrogen-bond acceptors (Lipinski definition) is 2. The standard InChI is InChI=1S/C16H19IN2/c1-16(2,3)11-4-7-13(8-5-11)19-15-9-6-12(17)10-14(15)18/h4-10,19H,18H2,1-3H3. The van der Waals surface area contributed by atoms with Crippen LogP contribution in [0.1, 0.15) is 26.3 Å². The van der Waals surface area contributed by atoms with Crippen molar-refractivity contribution in [1.29, 1.82) is 0 Å². The highest BCUT2D eigenvalue weighted by Crippen LogP contribution is 2.27. The highest BCUT2D eigenvalue weighted by molar-refractivity contribution is 14.1. The highest BCUT2D eigenvalue weighted by Gasteiger charge is 2.12. The fourth-order valence-electron chi connectivity index (χ4n) is 1.86. The van der Waals surface area contributed by atoms with E-state index in [1.54, 1.807) is 0 Å². The van der Waals surface area contributed by atoms with Gasteiger partial charge >= 0.3 is 0 Å². The molecule has 2 aromatic rings. The van der Waals surface area contributed by atoms with Gasteiger partial charge in [0.05, 0.1) is 11.4 Å². The average Bonchev–Trinajstić information content (AvgIpc) is 2.32. The van der Waals surface area contributed by atoms with E-state index in [4.69, 9.17) is 5.73 Å². The van der Waals surface area contributed by atoms with Crippen LogP contribution < -0.4 is 11.1 Å². The van der Waals surface area contributed by atoms with E-state index in [0.717, 1.165) is 20.6 Å². The van der Waals surface area contributed by atoms with E-state index < -0.39 is 0 Å². The maximum absolute atomic E-state index is 6.00. The van der Waals surface area contributed by atoms with Gasteiger partial charge in [0, 0.05) is 9.26 Å². The van der Waals surface area contributed by atoms with E-state index in [2.05, 4.69) is 72.9 Å². The van der Waals surface area contributed by atoms with Crippen molar-refractivity contribution in [2.45, 2.75) is 26.2 Å². The molecule has 2 aromatic carbocycles. The first kappa shape index (κ1) is 14.2. The Hall–Kier alpha value is -1.23. The van der Waals surface area contributed by atoms with Gasteiger partial charge in [0.2, 0.25) is 0 Å². The van der Waals surface area contributed by atoms with Crippen LogP contribution in [0.3, 0.4) is 0 Å². The minimum absolute atomic E-state index is 0.181. The molecule has 100 valence electrons. The molecule has 0 saturated carbocycles. The van der Waals surface area contributed by atoms with Crippen molar-refractivity contribution in [2.75, 3.05) is 11.1 Å². The van der Waals surface area contributed by atoms with Crippen LogP contribution in [0.25, 0.3) is 0 Å². The van der Waals surface area contributed by atoms with Crippen LogP contribution in [-0.2, 0) is 5.41 Å². The van der Waals surface area contributed by atoms with Gasteiger partial charge in [-0.05, 0) is 63.9 Å². The van der Waals surface area contributed by atoms with Crippen molar-refractivity contribution in [1.82, 2.24) is 0 Å². The summed E-state index contributed by atoms with van der Waals surface area (Å²) < 4.78 is 1.14. The summed E-state index contributed by atoms with van der Waals surface area (Å²) >= 11 is 2.26. The molecule has 0 saturated heterocycles. The number of halogens is 1. The Kier molecular flexibility index (Phi) is 4.04. The number of nitrogens with one attached hydrogen (secondary N) is 1. The van der Waals surface area contributed by atoms with Gasteiger partial charge in [0.15, 0.2) is 0 Å². The molecule has 0 heterocycles. The summed E-state index contributed by atoms with van der Waals surface area (Å²) in [4.78, 5) is 0. The molecule has 19 heavy (non-hydrogen) atoms. The summed E-state index contributed by atoms with van der Waals surface area (Å²) in [6.45, 7) is 6.64. The van der Waals surface area contributed by atoms with Gasteiger partial charge in [0.25, 0.3) is 0 Å². The molecule has 0 aromatic heterocycles. The van der Waals surface area contributed by atoms with E-state index in [0.29, 0.717) is 0 Å². The molecule has 2 rings (SSSR count). The second-order valence-corrected chi connectivity index (χ2v) is 6.93. The summed E-state index contributed by atoms with van der Waals surface area (Å²) in [5.41, 5.74) is 10.3. The van der Waals surface area contributed by atoms with Gasteiger partial charge in [-0.15, -0.1) is 0 Å². The van der Waals surface area contributed by atoms with Crippen molar-refractivity contribution in [3.8, 4) is 0 Å². The lowest BCUT2D eigenvalue weighted by Gasteiger charge is -2.19. The second-order valence-electron chi connectivity index (χ2n) is 5.68. The van der Waals surface area contributed by atoms with E-state index in [1.165, 1.54) is 5.56 Å². The molecule has 3 N–H and O–H groups in total. The SMILES string of the molecule is CC(C)(C)c1ccc(Nc2ccc(I)cc2N)cc1. The molecule has 0 radical (unpaired) electrons. The largest absolute Gasteiger partial charge is 0.397 e. The predicted molar refractivity (Wildman–Crippen MR) is 92.0 cm³/mol. The minimum atomic E-state index is 0.181. The van der Waals surface area contributed by atoms with Crippen LogP contribution in [0.5, 0.6) is 0 Å². The molecule has 0 bridgehead atoms. The third-order valence-corrected chi connectivity index (χ3v) is 3.71. The normalized spacial score (nSPS) is 11.4. The molecule has 0 aliphatic rings. The van der Waals surface area contributed by atoms with Crippen molar-refractivity contribution >= 4 is 39.7 Å². The number of hydrogen-bond donors (Lipinski definition) is 2. The van der Waals surface area contributed by atoms with E-state index >= 15 is 0 Å². The summed E-state index contributed by atoms with van der Waals surface area (Å²) in [7, 11) is 0. The molecule has 0 unspecified atom stereocenters. The Morgan fingerprint density at radius 1 is 1.00 bits per heavy atom. The zero-order valence-corrected chi connectivity index (χ0v) is 13.7. The fourth-order valence-corrected chi connectivity index (χ4v) is 2.37. The Morgan fingerprint density at radius 3 is 2.16 bits per heavy atom. The molecule has 0 atom stereocenters. The molecule has 0 aliphatic carbocycles. The molecule has 0 fully saturated rings. The molecular weight excluding hydrogens is 347 g/mol. The monoisotopic (exact) mass is 366 g/mol. The molecule has 0 amide bonds. The smallest absolute Gasteiger partial charge is 0.0618 e. The van der Waals surface area contributed by atoms with Crippen molar-refractivity contribution in [3.63, 3.8) is 0 Å². The van der Waals surface area contributed by atoms with Crippen molar-refractivity contribution in [2.24, 2.45) is 0 Å². The first-order valence-electron chi connectivity index (χ1n) is 6.29. The van der Waals surface area contributed by atoms with E-state index in [9.17, 15) is 0 Å². The van der Waals surface area contributed by atoms with Gasteiger partial charge in [0.1, 0.15) is 0 Å². The van der Waals surface area contributed by atoms with E-state index in [1.807, 2.05) is 18.2 Å². The third kappa shape index (κ3) is 3.62. The Labute approximate surface area is 128 Å². The Balaban J connectivity index is 2.20. The first-order valence-corrected chi connectivity index (χ1v) is 7.37. The number of anilines is 3. The summed E-state index contributed by atoms with van der Waals surface area (Å²) in [5, 5.41) is 3.35. The first-order chi connectivity index (χ1) is 8.86. The lowest BCUT2D eigenvalue weighted by molar-refractivity contribution is 0.590. The van der Waals surface area contributed by atoms with Gasteiger partial charge in [-0.1, -0.05) is 32.9 Å². The van der Waals surface area contributed by atoms with Gasteiger partial charge in [-0.2, -0.15) is 0 Å². The van der Waals surface area contributed by atoms with Gasteiger partial charge in [-0.3, -0.25) is 0 Å². The number of rotatable bonds is 2. The minimum Gasteiger partial charge on any atom is -0.397 e. The van der Waals surface area contributed by atoms with Crippen molar-refractivity contribution < 1.29 is 0 Å². The quantitative estimate of drug-likeness (QED) is 0.585. The molecule has 2 nitrogen and oxygen atoms in total. The number of benzene rings is 2. The van der Waals surface area contributed by atoms with Gasteiger partial charge < -0.3 is 11.1 Å². The lowest BCUT2D eigenvalue weighted by atomic mass is 9.87. The van der Waals surface area contributed by atoms with Crippen LogP contribution in [-0.4, -0.2) is 0 Å². The van der Waals surface area contributed by atoms with Crippen LogP contribution >= 0.6 is 22.6 Å². The Bertz CT molecular complexity index is 568. The van der Waals surface area contributed by atoms with Crippen molar-refractivity contribution in [3.05, 3.63) is 51.6 Å². The van der Waals surface area contributed by atoms with E-state index in [-0.39, 0.29) is 5.41 Å². The second kappa shape index (κ2) is 5.41. The summed E-state index contributed by atoms with van der Waals surface area (Å²) in [6.07, 6.45) is 0. The highest BCUT2D eigenvalue weighted by atomic mass is 127. The van der Waals surface area contributed by atoms with Gasteiger partial charge in [-0.25, -0.2) is 0 Å². The molecule has 0 spiro atoms. The molecule has 0 aliphatic heterocycles. The fraction of sp³-hybridized carbons (Fsp3) is 0.250. The van der Waals surface area contributed by atoms with Crippen LogP contribution in [0.4, 0.5) is 17.1 Å². The molecule has 3 heteroatoms. The van der Waals surface area contributed by atoms with Crippen LogP contribution in [0, 0.1) is 3.57 Å². The lowest BCUT2D eigenvalue weighted by Crippen LogP contribution is -2.10. The summed E-state index contributed by atoms with van der Waals surface area (Å²) in [6, 6.07) is 14.5. The maximum atomic E-state index is 6.00. The third-order valence-electron chi connectivity index (χ3n) is 3.04. The number of nitrogens with two attached hydrogens (primary N) is 1. The zero-order chi connectivity index (χ0) is 14.0. The molecular formula is C16H19IN2.